The van der Waals surface area contributed by atoms with Gasteiger partial charge in [-0.05, 0) is 23.3 Å². The zero-order chi connectivity index (χ0) is 11.4. The third kappa shape index (κ3) is 3.34. The first-order valence-corrected chi connectivity index (χ1v) is 5.81. The highest BCUT2D eigenvalue weighted by atomic mass is 32.2. The van der Waals surface area contributed by atoms with Crippen molar-refractivity contribution in [2.24, 2.45) is 0 Å². The molecule has 1 aromatic carbocycles. The number of ketones is 1. The fraction of sp³-hybridized carbons (Fsp3) is 0.222. The lowest BCUT2D eigenvalue weighted by Crippen LogP contribution is -2.14. The summed E-state index contributed by atoms with van der Waals surface area (Å²) < 4.78 is 10.8. The summed E-state index contributed by atoms with van der Waals surface area (Å²) in [7, 11) is 0. The predicted octanol–water partition coefficient (Wildman–Crippen LogP) is 1.16. The molecule has 0 fully saturated rings. The highest BCUT2D eigenvalue weighted by Crippen LogP contribution is 2.12. The van der Waals surface area contributed by atoms with Crippen LogP contribution in [0.15, 0.2) is 24.3 Å². The van der Waals surface area contributed by atoms with E-state index < -0.39 is 16.1 Å². The summed E-state index contributed by atoms with van der Waals surface area (Å²) in [6.45, 7) is 0. The van der Waals surface area contributed by atoms with Gasteiger partial charge in [0.2, 0.25) is 5.78 Å². The van der Waals surface area contributed by atoms with Crippen molar-refractivity contribution in [1.82, 2.24) is 0 Å². The summed E-state index contributed by atoms with van der Waals surface area (Å²) >= 11 is -1.19. The van der Waals surface area contributed by atoms with Crippen LogP contribution in [0.5, 0.6) is 0 Å². The Labute approximate surface area is 89.4 Å². The van der Waals surface area contributed by atoms with Crippen molar-refractivity contribution in [3.05, 3.63) is 39.9 Å². The number of nitrogens with zero attached hydrogens (tertiary/aromatic N) is 1. The molecule has 1 unspecified atom stereocenters. The number of nitro benzene ring substituents is 1. The first kappa shape index (κ1) is 11.7. The molecule has 1 rings (SSSR count). The van der Waals surface area contributed by atoms with Gasteiger partial charge in [0.1, 0.15) is 0 Å². The predicted molar refractivity (Wildman–Crippen MR) is 56.4 cm³/mol. The summed E-state index contributed by atoms with van der Waals surface area (Å²) in [5, 5.41) is 10.3. The lowest BCUT2D eigenvalue weighted by atomic mass is 10.1. The molecule has 0 saturated heterocycles. The Morgan fingerprint density at radius 1 is 1.40 bits per heavy atom. The first-order valence-electron chi connectivity index (χ1n) is 4.08. The van der Waals surface area contributed by atoms with Gasteiger partial charge in [-0.1, -0.05) is 0 Å². The second-order valence-electron chi connectivity index (χ2n) is 2.94. The van der Waals surface area contributed by atoms with Gasteiger partial charge in [-0.25, -0.2) is 0 Å². The number of hydrogen-bond acceptors (Lipinski definition) is 4. The van der Waals surface area contributed by atoms with E-state index in [0.29, 0.717) is 5.56 Å². The van der Waals surface area contributed by atoms with Gasteiger partial charge in [0.05, 0.1) is 11.2 Å². The number of Topliss-reactive ketones (excluding diaryl/α,β-unsaturated/α-hetero) is 1. The van der Waals surface area contributed by atoms with Crippen molar-refractivity contribution in [3.8, 4) is 0 Å². The number of hydrogen-bond donors (Lipinski definition) is 0. The molecule has 15 heavy (non-hydrogen) atoms. The molecular formula is C9H9NO4S. The van der Waals surface area contributed by atoms with Crippen LogP contribution >= 0.6 is 0 Å². The van der Waals surface area contributed by atoms with Gasteiger partial charge >= 0.3 is 0 Å². The maximum Gasteiger partial charge on any atom is 0.269 e. The molecule has 0 bridgehead atoms. The number of nitro groups is 1. The molecule has 5 nitrogen and oxygen atoms in total. The Balaban J connectivity index is 2.80. The summed E-state index contributed by atoms with van der Waals surface area (Å²) in [6.07, 6.45) is 1.43. The molecule has 0 aromatic heterocycles. The smallest absolute Gasteiger partial charge is 0.269 e. The number of non-ortho nitro benzene ring substituents is 1. The lowest BCUT2D eigenvalue weighted by Gasteiger charge is -2.03. The van der Waals surface area contributed by atoms with E-state index in [1.165, 1.54) is 30.5 Å². The van der Waals surface area contributed by atoms with E-state index in [0.717, 1.165) is 0 Å². The van der Waals surface area contributed by atoms with Crippen molar-refractivity contribution < 1.29 is 14.3 Å². The number of carbonyl (C=O) groups excluding carboxylic acids is 1. The van der Waals surface area contributed by atoms with Crippen LogP contribution < -0.4 is 0 Å². The van der Waals surface area contributed by atoms with E-state index in [-0.39, 0.29) is 17.2 Å². The van der Waals surface area contributed by atoms with Gasteiger partial charge in [0.25, 0.3) is 5.69 Å². The zero-order valence-corrected chi connectivity index (χ0v) is 8.82. The number of rotatable bonds is 4. The molecule has 1 aromatic rings. The molecule has 0 amide bonds. The van der Waals surface area contributed by atoms with Gasteiger partial charge < -0.3 is 4.55 Å². The molecule has 0 N–H and O–H groups in total. The summed E-state index contributed by atoms with van der Waals surface area (Å²) in [5.74, 6) is -0.330. The maximum absolute atomic E-state index is 11.4. The van der Waals surface area contributed by atoms with Crippen molar-refractivity contribution in [2.75, 3.05) is 12.0 Å². The van der Waals surface area contributed by atoms with Crippen molar-refractivity contribution in [1.29, 1.82) is 0 Å². The quantitative estimate of drug-likeness (QED) is 0.334. The van der Waals surface area contributed by atoms with Gasteiger partial charge in [-0.3, -0.25) is 14.9 Å². The molecule has 0 spiro atoms. The number of benzene rings is 1. The van der Waals surface area contributed by atoms with E-state index in [1.807, 2.05) is 0 Å². The fourth-order valence-corrected chi connectivity index (χ4v) is 1.57. The molecule has 0 saturated carbocycles. The van der Waals surface area contributed by atoms with E-state index in [1.54, 1.807) is 0 Å². The molecule has 1 atom stereocenters. The van der Waals surface area contributed by atoms with Crippen LogP contribution in [-0.4, -0.2) is 27.3 Å². The molecule has 6 heteroatoms. The maximum atomic E-state index is 11.4. The Hall–Kier alpha value is -1.40. The minimum atomic E-state index is -1.19. The molecule has 0 aliphatic heterocycles. The van der Waals surface area contributed by atoms with Gasteiger partial charge in [0.15, 0.2) is 5.75 Å². The van der Waals surface area contributed by atoms with E-state index in [9.17, 15) is 19.5 Å². The third-order valence-electron chi connectivity index (χ3n) is 1.73. The average molecular weight is 227 g/mol. The number of carbonyl (C=O) groups is 1. The van der Waals surface area contributed by atoms with Crippen LogP contribution in [0.3, 0.4) is 0 Å². The van der Waals surface area contributed by atoms with Crippen molar-refractivity contribution >= 4 is 22.6 Å². The van der Waals surface area contributed by atoms with E-state index >= 15 is 0 Å². The molecule has 0 aliphatic carbocycles. The van der Waals surface area contributed by atoms with Crippen LogP contribution in [0.1, 0.15) is 10.4 Å². The average Bonchev–Trinajstić information content (AvgIpc) is 2.17. The second-order valence-corrected chi connectivity index (χ2v) is 4.38. The largest absolute Gasteiger partial charge is 0.616 e. The minimum absolute atomic E-state index is 0.0577. The van der Waals surface area contributed by atoms with Crippen LogP contribution in [0.25, 0.3) is 0 Å². The topological polar surface area (TPSA) is 83.3 Å². The van der Waals surface area contributed by atoms with Crippen LogP contribution in [-0.2, 0) is 11.2 Å². The van der Waals surface area contributed by atoms with E-state index in [2.05, 4.69) is 0 Å². The zero-order valence-electron chi connectivity index (χ0n) is 8.00. The highest BCUT2D eigenvalue weighted by Gasteiger charge is 2.13. The van der Waals surface area contributed by atoms with E-state index in [4.69, 9.17) is 0 Å². The van der Waals surface area contributed by atoms with Crippen LogP contribution in [0, 0.1) is 10.1 Å². The third-order valence-corrected chi connectivity index (χ3v) is 2.40. The first-order chi connectivity index (χ1) is 7.00. The monoisotopic (exact) mass is 227 g/mol. The minimum Gasteiger partial charge on any atom is -0.616 e. The van der Waals surface area contributed by atoms with Crippen LogP contribution in [0.2, 0.25) is 0 Å². The Morgan fingerprint density at radius 2 is 1.93 bits per heavy atom. The van der Waals surface area contributed by atoms with Gasteiger partial charge in [-0.15, -0.1) is 0 Å². The molecule has 0 aliphatic rings. The SMILES string of the molecule is C[S+]([O-])CC(=O)c1ccc([N+](=O)[O-])cc1. The van der Waals surface area contributed by atoms with Gasteiger partial charge in [0, 0.05) is 17.7 Å². The van der Waals surface area contributed by atoms with Crippen LogP contribution in [0.4, 0.5) is 5.69 Å². The Kier molecular flexibility index (Phi) is 3.81. The normalized spacial score (nSPS) is 12.1. The molecular weight excluding hydrogens is 218 g/mol. The standard InChI is InChI=1S/C9H9NO4S/c1-15(14)6-9(11)7-2-4-8(5-3-7)10(12)13/h2-5H,6H2,1H3. The lowest BCUT2D eigenvalue weighted by molar-refractivity contribution is -0.384. The summed E-state index contributed by atoms with van der Waals surface area (Å²) in [5.41, 5.74) is 0.278. The van der Waals surface area contributed by atoms with Crippen molar-refractivity contribution in [2.45, 2.75) is 0 Å². The Morgan fingerprint density at radius 3 is 2.33 bits per heavy atom. The summed E-state index contributed by atoms with van der Waals surface area (Å²) in [6, 6.07) is 5.25. The Bertz CT molecular complexity index is 374. The highest BCUT2D eigenvalue weighted by molar-refractivity contribution is 7.91. The molecule has 0 radical (unpaired) electrons. The second kappa shape index (κ2) is 4.90. The fourth-order valence-electron chi connectivity index (χ4n) is 1.04. The molecule has 80 valence electrons. The molecule has 0 heterocycles. The van der Waals surface area contributed by atoms with Gasteiger partial charge in [-0.2, -0.15) is 0 Å². The summed E-state index contributed by atoms with van der Waals surface area (Å²) in [4.78, 5) is 21.2. The van der Waals surface area contributed by atoms with Crippen molar-refractivity contribution in [3.63, 3.8) is 0 Å².